The predicted octanol–water partition coefficient (Wildman–Crippen LogP) is 5.67. The molecule has 4 nitrogen and oxygen atoms in total. The molecule has 2 aromatic carbocycles. The molecule has 1 amide bonds. The molecule has 0 heterocycles. The van der Waals surface area contributed by atoms with Crippen LogP contribution in [0.15, 0.2) is 72.3 Å². The molecule has 0 aliphatic rings. The van der Waals surface area contributed by atoms with E-state index >= 15 is 0 Å². The number of nitrogens with one attached hydrogen (secondary N) is 1. The quantitative estimate of drug-likeness (QED) is 0.322. The van der Waals surface area contributed by atoms with E-state index in [0.29, 0.717) is 5.75 Å². The van der Waals surface area contributed by atoms with Gasteiger partial charge < -0.3 is 10.4 Å². The van der Waals surface area contributed by atoms with Gasteiger partial charge in [0.05, 0.1) is 0 Å². The number of amides is 1. The van der Waals surface area contributed by atoms with Crippen molar-refractivity contribution in [1.82, 2.24) is 5.32 Å². The summed E-state index contributed by atoms with van der Waals surface area (Å²) in [4.78, 5) is 22.2. The van der Waals surface area contributed by atoms with E-state index < -0.39 is 12.0 Å². The van der Waals surface area contributed by atoms with Gasteiger partial charge in [0.2, 0.25) is 5.91 Å². The predicted molar refractivity (Wildman–Crippen MR) is 135 cm³/mol. The number of carboxylic acid groups (broad SMARTS) is 1. The largest absolute Gasteiger partial charge is 0.480 e. The zero-order valence-corrected chi connectivity index (χ0v) is 20.0. The lowest BCUT2D eigenvalue weighted by Gasteiger charge is -2.11. The van der Waals surface area contributed by atoms with Crippen molar-refractivity contribution in [1.29, 1.82) is 0 Å². The second-order valence-corrected chi connectivity index (χ2v) is 9.10. The number of carboxylic acids is 1. The van der Waals surface area contributed by atoms with Crippen LogP contribution in [0.4, 0.5) is 0 Å². The zero-order valence-electron chi connectivity index (χ0n) is 19.1. The lowest BCUT2D eigenvalue weighted by atomic mass is 9.96. The summed E-state index contributed by atoms with van der Waals surface area (Å²) in [6, 6.07) is 16.5. The molecule has 0 aliphatic heterocycles. The van der Waals surface area contributed by atoms with Crippen molar-refractivity contribution >= 4 is 23.6 Å². The maximum atomic E-state index is 11.1. The highest BCUT2D eigenvalue weighted by Gasteiger charge is 2.17. The molecule has 0 unspecified atom stereocenters. The Hall–Kier alpha value is -2.79. The minimum Gasteiger partial charge on any atom is -0.480 e. The van der Waals surface area contributed by atoms with Crippen molar-refractivity contribution in [3.05, 3.63) is 83.5 Å². The van der Waals surface area contributed by atoms with Crippen LogP contribution in [0.2, 0.25) is 0 Å². The maximum absolute atomic E-state index is 11.1. The second kappa shape index (κ2) is 13.6. The molecule has 0 saturated heterocycles. The van der Waals surface area contributed by atoms with Gasteiger partial charge in [-0.15, -0.1) is 0 Å². The molecule has 0 bridgehead atoms. The van der Waals surface area contributed by atoms with E-state index in [0.717, 1.165) is 25.0 Å². The molecule has 0 aliphatic carbocycles. The summed E-state index contributed by atoms with van der Waals surface area (Å²) in [5.41, 5.74) is 6.43. The van der Waals surface area contributed by atoms with Gasteiger partial charge in [-0.3, -0.25) is 4.79 Å². The van der Waals surface area contributed by atoms with E-state index in [-0.39, 0.29) is 5.91 Å². The molecule has 5 heteroatoms. The average molecular weight is 452 g/mol. The van der Waals surface area contributed by atoms with Gasteiger partial charge in [-0.1, -0.05) is 72.3 Å². The molecule has 2 rings (SSSR count). The summed E-state index contributed by atoms with van der Waals surface area (Å²) in [5, 5.41) is 11.6. The van der Waals surface area contributed by atoms with Crippen LogP contribution in [0.25, 0.3) is 11.1 Å². The summed E-state index contributed by atoms with van der Waals surface area (Å²) < 4.78 is 0. The average Bonchev–Trinajstić information content (AvgIpc) is 2.76. The van der Waals surface area contributed by atoms with Gasteiger partial charge in [0, 0.05) is 18.4 Å². The Kier molecular flexibility index (Phi) is 10.8. The molecule has 0 saturated carbocycles. The highest BCUT2D eigenvalue weighted by molar-refractivity contribution is 7.99. The van der Waals surface area contributed by atoms with Gasteiger partial charge in [-0.05, 0) is 55.4 Å². The molecule has 2 aromatic rings. The Labute approximate surface area is 195 Å². The standard InChI is InChI=1S/C27H33NO3S/c1-20(2)13-14-23-16-22(17-25(18-23)24-11-7-4-8-12-24)10-6-5-9-15-32-19-26(27(30)31)28-21(3)29/h4-5,7-9,11-13,16-18,26H,6,10,14-15,19H2,1-3H3,(H,28,29)(H,30,31)/t26-/m0/s1. The topological polar surface area (TPSA) is 66.4 Å². The van der Waals surface area contributed by atoms with Crippen molar-refractivity contribution in [2.24, 2.45) is 0 Å². The fourth-order valence-corrected chi connectivity index (χ4v) is 4.12. The molecular formula is C27H33NO3S. The SMILES string of the molecule is CC(=O)N[C@@H](CSCC=CCCc1cc(CC=C(C)C)cc(-c2ccccc2)c1)C(=O)O. The number of aryl methyl sites for hydroxylation is 1. The van der Waals surface area contributed by atoms with E-state index in [9.17, 15) is 9.59 Å². The van der Waals surface area contributed by atoms with E-state index in [1.54, 1.807) is 0 Å². The first-order chi connectivity index (χ1) is 15.3. The van der Waals surface area contributed by atoms with Gasteiger partial charge in [0.1, 0.15) is 6.04 Å². The fraction of sp³-hybridized carbons (Fsp3) is 0.333. The van der Waals surface area contributed by atoms with E-state index in [1.165, 1.54) is 46.5 Å². The van der Waals surface area contributed by atoms with Gasteiger partial charge in [-0.2, -0.15) is 11.8 Å². The molecule has 1 atom stereocenters. The van der Waals surface area contributed by atoms with Crippen molar-refractivity contribution < 1.29 is 14.7 Å². The number of benzene rings is 2. The molecule has 0 fully saturated rings. The number of thioether (sulfide) groups is 1. The molecule has 170 valence electrons. The summed E-state index contributed by atoms with van der Waals surface area (Å²) in [5.74, 6) is -0.250. The number of aliphatic carboxylic acids is 1. The Morgan fingerprint density at radius 1 is 1.00 bits per heavy atom. The van der Waals surface area contributed by atoms with Gasteiger partial charge in [0.15, 0.2) is 0 Å². The van der Waals surface area contributed by atoms with Crippen LogP contribution in [0, 0.1) is 0 Å². The lowest BCUT2D eigenvalue weighted by Crippen LogP contribution is -2.41. The third kappa shape index (κ3) is 9.56. The first kappa shape index (κ1) is 25.5. The Morgan fingerprint density at radius 2 is 1.72 bits per heavy atom. The number of carbonyl (C=O) groups excluding carboxylic acids is 1. The molecule has 0 aromatic heterocycles. The molecule has 2 N–H and O–H groups in total. The van der Waals surface area contributed by atoms with Crippen molar-refractivity contribution in [3.63, 3.8) is 0 Å². The van der Waals surface area contributed by atoms with Crippen LogP contribution in [0.3, 0.4) is 0 Å². The molecule has 32 heavy (non-hydrogen) atoms. The normalized spacial score (nSPS) is 11.8. The number of hydrogen-bond donors (Lipinski definition) is 2. The van der Waals surface area contributed by atoms with Gasteiger partial charge in [-0.25, -0.2) is 4.79 Å². The summed E-state index contributed by atoms with van der Waals surface area (Å²) in [6.45, 7) is 5.58. The van der Waals surface area contributed by atoms with Crippen molar-refractivity contribution in [2.75, 3.05) is 11.5 Å². The number of allylic oxidation sites excluding steroid dienone is 3. The van der Waals surface area contributed by atoms with Gasteiger partial charge in [0.25, 0.3) is 0 Å². The van der Waals surface area contributed by atoms with Gasteiger partial charge >= 0.3 is 5.97 Å². The van der Waals surface area contributed by atoms with Crippen LogP contribution in [0.1, 0.15) is 38.3 Å². The first-order valence-electron chi connectivity index (χ1n) is 10.9. The zero-order chi connectivity index (χ0) is 23.3. The second-order valence-electron chi connectivity index (χ2n) is 8.03. The smallest absolute Gasteiger partial charge is 0.327 e. The number of rotatable bonds is 12. The van der Waals surface area contributed by atoms with Crippen LogP contribution < -0.4 is 5.32 Å². The van der Waals surface area contributed by atoms with Crippen LogP contribution in [-0.2, 0) is 22.4 Å². The molecular weight excluding hydrogens is 418 g/mol. The monoisotopic (exact) mass is 451 g/mol. The van der Waals surface area contributed by atoms with Crippen molar-refractivity contribution in [2.45, 2.75) is 46.1 Å². The minimum atomic E-state index is -1.00. The van der Waals surface area contributed by atoms with E-state index in [1.807, 2.05) is 6.07 Å². The van der Waals surface area contributed by atoms with Crippen LogP contribution in [0.5, 0.6) is 0 Å². The lowest BCUT2D eigenvalue weighted by molar-refractivity contribution is -0.140. The minimum absolute atomic E-state index is 0.324. The fourth-order valence-electron chi connectivity index (χ4n) is 3.25. The Bertz CT molecular complexity index is 947. The Balaban J connectivity index is 1.93. The Morgan fingerprint density at radius 3 is 2.38 bits per heavy atom. The van der Waals surface area contributed by atoms with Crippen LogP contribution >= 0.6 is 11.8 Å². The summed E-state index contributed by atoms with van der Waals surface area (Å²) >= 11 is 1.50. The first-order valence-corrected chi connectivity index (χ1v) is 12.0. The van der Waals surface area contributed by atoms with Crippen LogP contribution in [-0.4, -0.2) is 34.5 Å². The number of hydrogen-bond acceptors (Lipinski definition) is 3. The van der Waals surface area contributed by atoms with E-state index in [2.05, 4.69) is 79.9 Å². The highest BCUT2D eigenvalue weighted by Crippen LogP contribution is 2.24. The maximum Gasteiger partial charge on any atom is 0.327 e. The molecule has 0 spiro atoms. The van der Waals surface area contributed by atoms with E-state index in [4.69, 9.17) is 5.11 Å². The number of carbonyl (C=O) groups is 2. The highest BCUT2D eigenvalue weighted by atomic mass is 32.2. The third-order valence-electron chi connectivity index (χ3n) is 4.85. The summed E-state index contributed by atoms with van der Waals surface area (Å²) in [7, 11) is 0. The third-order valence-corrected chi connectivity index (χ3v) is 5.84. The summed E-state index contributed by atoms with van der Waals surface area (Å²) in [6.07, 6.45) is 9.29. The van der Waals surface area contributed by atoms with Crippen molar-refractivity contribution in [3.8, 4) is 11.1 Å². The molecule has 0 radical (unpaired) electrons.